The van der Waals surface area contributed by atoms with Crippen LogP contribution in [0, 0.1) is 0 Å². The summed E-state index contributed by atoms with van der Waals surface area (Å²) in [5.41, 5.74) is 7.64. The van der Waals surface area contributed by atoms with Crippen molar-refractivity contribution in [2.75, 3.05) is 19.7 Å². The van der Waals surface area contributed by atoms with Crippen LogP contribution in [0.2, 0.25) is 0 Å². The number of aliphatic hydroxyl groups is 1. The smallest absolute Gasteiger partial charge is 0.116 e. The van der Waals surface area contributed by atoms with E-state index in [1.807, 2.05) is 23.7 Å². The summed E-state index contributed by atoms with van der Waals surface area (Å²) < 4.78 is 0. The number of nitrogens with zero attached hydrogens (tertiary/aromatic N) is 2. The number of likely N-dealkylation sites (N-methyl/N-ethyl adjacent to an activating group) is 1. The number of rotatable bonds is 7. The lowest BCUT2D eigenvalue weighted by atomic mass is 10.2. The maximum Gasteiger partial charge on any atom is 0.116 e. The summed E-state index contributed by atoms with van der Waals surface area (Å²) in [7, 11) is 0. The minimum absolute atomic E-state index is 0.0532. The van der Waals surface area contributed by atoms with E-state index in [4.69, 9.17) is 5.73 Å². The zero-order chi connectivity index (χ0) is 13.7. The number of aromatic amines is 1. The van der Waals surface area contributed by atoms with Crippen molar-refractivity contribution in [2.24, 2.45) is 5.73 Å². The molecule has 2 aromatic rings. The predicted molar refractivity (Wildman–Crippen MR) is 77.0 cm³/mol. The number of hydrogen-bond donors (Lipinski definition) is 3. The molecular formula is C13H20N4OS. The van der Waals surface area contributed by atoms with Crippen molar-refractivity contribution in [3.8, 4) is 0 Å². The summed E-state index contributed by atoms with van der Waals surface area (Å²) in [5, 5.41) is 12.2. The first-order valence-electron chi connectivity index (χ1n) is 6.42. The zero-order valence-electron chi connectivity index (χ0n) is 11.0. The van der Waals surface area contributed by atoms with Gasteiger partial charge in [0, 0.05) is 30.4 Å². The van der Waals surface area contributed by atoms with Crippen LogP contribution in [0.15, 0.2) is 23.7 Å². The Morgan fingerprint density at radius 3 is 2.95 bits per heavy atom. The van der Waals surface area contributed by atoms with Crippen LogP contribution < -0.4 is 5.73 Å². The van der Waals surface area contributed by atoms with Gasteiger partial charge in [-0.05, 0) is 18.7 Å². The van der Waals surface area contributed by atoms with Gasteiger partial charge in [0.15, 0.2) is 0 Å². The highest BCUT2D eigenvalue weighted by atomic mass is 32.1. The first-order chi connectivity index (χ1) is 9.30. The van der Waals surface area contributed by atoms with Gasteiger partial charge >= 0.3 is 0 Å². The molecule has 0 saturated carbocycles. The molecule has 0 amide bonds. The Balaban J connectivity index is 2.33. The molecule has 4 N–H and O–H groups in total. The van der Waals surface area contributed by atoms with Gasteiger partial charge in [-0.2, -0.15) is 0 Å². The van der Waals surface area contributed by atoms with Crippen molar-refractivity contribution in [1.29, 1.82) is 0 Å². The van der Waals surface area contributed by atoms with Gasteiger partial charge in [0.2, 0.25) is 0 Å². The molecule has 0 aliphatic rings. The van der Waals surface area contributed by atoms with Crippen molar-refractivity contribution in [3.63, 3.8) is 0 Å². The molecule has 0 aliphatic carbocycles. The molecule has 0 radical (unpaired) electrons. The number of nitrogens with one attached hydrogen (secondary N) is 1. The largest absolute Gasteiger partial charge is 0.395 e. The second-order valence-corrected chi connectivity index (χ2v) is 5.15. The summed E-state index contributed by atoms with van der Waals surface area (Å²) in [6.45, 7) is 4.16. The Morgan fingerprint density at radius 2 is 2.42 bits per heavy atom. The molecule has 0 saturated heterocycles. The van der Waals surface area contributed by atoms with Crippen LogP contribution in [0.5, 0.6) is 0 Å². The molecule has 5 nitrogen and oxygen atoms in total. The molecule has 0 aliphatic heterocycles. The van der Waals surface area contributed by atoms with Crippen molar-refractivity contribution >= 4 is 11.3 Å². The van der Waals surface area contributed by atoms with Crippen molar-refractivity contribution < 1.29 is 5.11 Å². The van der Waals surface area contributed by atoms with Gasteiger partial charge in [-0.1, -0.05) is 6.92 Å². The molecule has 2 aromatic heterocycles. The summed E-state index contributed by atoms with van der Waals surface area (Å²) in [6, 6.07) is 4.08. The normalized spacial score (nSPS) is 13.1. The first kappa shape index (κ1) is 14.2. The molecular weight excluding hydrogens is 260 g/mol. The fraction of sp³-hybridized carbons (Fsp3) is 0.462. The zero-order valence-corrected chi connectivity index (χ0v) is 11.9. The van der Waals surface area contributed by atoms with Crippen LogP contribution >= 0.6 is 11.3 Å². The molecule has 0 spiro atoms. The fourth-order valence-electron chi connectivity index (χ4n) is 2.14. The molecule has 2 rings (SSSR count). The third-order valence-corrected chi connectivity index (χ3v) is 4.03. The van der Waals surface area contributed by atoms with Crippen LogP contribution in [0.1, 0.15) is 29.4 Å². The number of H-pyrrole nitrogens is 1. The van der Waals surface area contributed by atoms with E-state index in [2.05, 4.69) is 21.8 Å². The van der Waals surface area contributed by atoms with E-state index in [1.165, 1.54) is 0 Å². The third kappa shape index (κ3) is 3.22. The number of nitrogens with two attached hydrogens (primary N) is 1. The first-order valence-corrected chi connectivity index (χ1v) is 7.30. The second kappa shape index (κ2) is 6.81. The number of hydrogen-bond acceptors (Lipinski definition) is 5. The molecule has 0 aromatic carbocycles. The van der Waals surface area contributed by atoms with Gasteiger partial charge in [0.05, 0.1) is 12.3 Å². The number of thiazole rings is 1. The van der Waals surface area contributed by atoms with E-state index >= 15 is 0 Å². The Bertz CT molecular complexity index is 483. The Morgan fingerprint density at radius 1 is 1.58 bits per heavy atom. The second-order valence-electron chi connectivity index (χ2n) is 4.26. The molecule has 0 fully saturated rings. The van der Waals surface area contributed by atoms with Crippen molar-refractivity contribution in [2.45, 2.75) is 19.5 Å². The summed E-state index contributed by atoms with van der Waals surface area (Å²) in [6.07, 6.45) is 1.91. The highest BCUT2D eigenvalue weighted by Crippen LogP contribution is 2.29. The van der Waals surface area contributed by atoms with Gasteiger partial charge in [0.25, 0.3) is 0 Å². The Hall–Kier alpha value is -1.21. The third-order valence-electron chi connectivity index (χ3n) is 3.09. The van der Waals surface area contributed by atoms with Gasteiger partial charge < -0.3 is 15.8 Å². The van der Waals surface area contributed by atoms with Crippen LogP contribution in [-0.4, -0.2) is 39.7 Å². The number of aliphatic hydroxyl groups excluding tert-OH is 1. The van der Waals surface area contributed by atoms with E-state index in [0.29, 0.717) is 13.1 Å². The monoisotopic (exact) mass is 280 g/mol. The average molecular weight is 280 g/mol. The van der Waals surface area contributed by atoms with E-state index in [0.717, 1.165) is 22.9 Å². The molecule has 0 bridgehead atoms. The van der Waals surface area contributed by atoms with Gasteiger partial charge in [0.1, 0.15) is 11.0 Å². The van der Waals surface area contributed by atoms with Crippen LogP contribution in [0.4, 0.5) is 0 Å². The lowest BCUT2D eigenvalue weighted by molar-refractivity contribution is 0.172. The predicted octanol–water partition coefficient (Wildman–Crippen LogP) is 1.33. The SMILES string of the molecule is CCN(CCO)C(c1ccc[nH]1)c1nc(CN)cs1. The van der Waals surface area contributed by atoms with Gasteiger partial charge in [-0.3, -0.25) is 4.90 Å². The van der Waals surface area contributed by atoms with E-state index < -0.39 is 0 Å². The minimum atomic E-state index is 0.0532. The maximum atomic E-state index is 9.22. The lowest BCUT2D eigenvalue weighted by Gasteiger charge is -2.28. The summed E-state index contributed by atoms with van der Waals surface area (Å²) >= 11 is 1.62. The molecule has 104 valence electrons. The molecule has 2 heterocycles. The molecule has 1 atom stereocenters. The standard InChI is InChI=1S/C13H20N4OS/c1-2-17(6-7-18)12(11-4-3-5-15-11)13-16-10(8-14)9-19-13/h3-5,9,12,15,18H,2,6-8,14H2,1H3. The van der Waals surface area contributed by atoms with Gasteiger partial charge in [-0.15, -0.1) is 11.3 Å². The average Bonchev–Trinajstić information content (AvgIpc) is 3.09. The molecule has 19 heavy (non-hydrogen) atoms. The molecule has 6 heteroatoms. The van der Waals surface area contributed by atoms with E-state index in [1.54, 1.807) is 11.3 Å². The van der Waals surface area contributed by atoms with Crippen LogP contribution in [0.3, 0.4) is 0 Å². The Kier molecular flexibility index (Phi) is 5.09. The van der Waals surface area contributed by atoms with Crippen LogP contribution in [-0.2, 0) is 6.54 Å². The lowest BCUT2D eigenvalue weighted by Crippen LogP contribution is -2.32. The van der Waals surface area contributed by atoms with Crippen LogP contribution in [0.25, 0.3) is 0 Å². The summed E-state index contributed by atoms with van der Waals surface area (Å²) in [5.74, 6) is 0. The van der Waals surface area contributed by atoms with Gasteiger partial charge in [-0.25, -0.2) is 4.98 Å². The fourth-order valence-corrected chi connectivity index (χ4v) is 3.12. The minimum Gasteiger partial charge on any atom is -0.395 e. The van der Waals surface area contributed by atoms with Crippen molar-refractivity contribution in [1.82, 2.24) is 14.9 Å². The topological polar surface area (TPSA) is 78.2 Å². The molecule has 1 unspecified atom stereocenters. The summed E-state index contributed by atoms with van der Waals surface area (Å²) in [4.78, 5) is 10.0. The quantitative estimate of drug-likeness (QED) is 0.715. The Labute approximate surface area is 117 Å². The highest BCUT2D eigenvalue weighted by Gasteiger charge is 2.24. The highest BCUT2D eigenvalue weighted by molar-refractivity contribution is 7.09. The van der Waals surface area contributed by atoms with Crippen molar-refractivity contribution in [3.05, 3.63) is 40.1 Å². The maximum absolute atomic E-state index is 9.22. The van der Waals surface area contributed by atoms with E-state index in [9.17, 15) is 5.11 Å². The van der Waals surface area contributed by atoms with E-state index in [-0.39, 0.29) is 12.6 Å². The number of aromatic nitrogens is 2.